The number of carbonyl (C=O) groups is 1. The number of hydrogen-bond donors (Lipinski definition) is 1. The molecule has 2 rings (SSSR count). The first-order valence-corrected chi connectivity index (χ1v) is 6.75. The standard InChI is InChI=1S/C15H15F3N2O2/c1-3-9(2)19-13(21)12-8-22-14(20-12)10-4-6-11(7-5-10)15(16,17)18/h4-9H,3H2,1-2H3,(H,19,21). The van der Waals surface area contributed by atoms with Crippen LogP contribution in [-0.2, 0) is 6.18 Å². The first kappa shape index (κ1) is 16.1. The molecule has 0 saturated carbocycles. The van der Waals surface area contributed by atoms with Crippen molar-refractivity contribution in [1.82, 2.24) is 10.3 Å². The third-order valence-corrected chi connectivity index (χ3v) is 3.19. The summed E-state index contributed by atoms with van der Waals surface area (Å²) in [5, 5.41) is 2.73. The predicted octanol–water partition coefficient (Wildman–Crippen LogP) is 3.89. The summed E-state index contributed by atoms with van der Waals surface area (Å²) in [6.07, 6.45) is -2.43. The van der Waals surface area contributed by atoms with Gasteiger partial charge in [0, 0.05) is 11.6 Å². The van der Waals surface area contributed by atoms with Gasteiger partial charge in [0.1, 0.15) is 6.26 Å². The van der Waals surface area contributed by atoms with E-state index in [1.54, 1.807) is 0 Å². The summed E-state index contributed by atoms with van der Waals surface area (Å²) in [5.74, 6) is -0.278. The van der Waals surface area contributed by atoms with Crippen LogP contribution < -0.4 is 5.32 Å². The van der Waals surface area contributed by atoms with E-state index in [1.165, 1.54) is 18.4 Å². The van der Waals surface area contributed by atoms with Crippen molar-refractivity contribution in [3.05, 3.63) is 41.8 Å². The van der Waals surface area contributed by atoms with Crippen molar-refractivity contribution in [3.63, 3.8) is 0 Å². The van der Waals surface area contributed by atoms with Gasteiger partial charge in [0.05, 0.1) is 5.56 Å². The van der Waals surface area contributed by atoms with Gasteiger partial charge in [0.25, 0.3) is 5.91 Å². The largest absolute Gasteiger partial charge is 0.444 e. The molecule has 1 N–H and O–H groups in total. The van der Waals surface area contributed by atoms with Gasteiger partial charge < -0.3 is 9.73 Å². The van der Waals surface area contributed by atoms with Crippen LogP contribution in [0.1, 0.15) is 36.3 Å². The van der Waals surface area contributed by atoms with E-state index >= 15 is 0 Å². The number of amides is 1. The van der Waals surface area contributed by atoms with Crippen molar-refractivity contribution < 1.29 is 22.4 Å². The molecule has 0 fully saturated rings. The van der Waals surface area contributed by atoms with E-state index in [0.717, 1.165) is 18.6 Å². The summed E-state index contributed by atoms with van der Waals surface area (Å²) in [5.41, 5.74) is -0.289. The Morgan fingerprint density at radius 1 is 1.32 bits per heavy atom. The van der Waals surface area contributed by atoms with E-state index < -0.39 is 11.7 Å². The zero-order chi connectivity index (χ0) is 16.3. The first-order valence-electron chi connectivity index (χ1n) is 6.75. The lowest BCUT2D eigenvalue weighted by Gasteiger charge is -2.08. The molecule has 0 spiro atoms. The molecule has 118 valence electrons. The van der Waals surface area contributed by atoms with Crippen LogP contribution in [0.2, 0.25) is 0 Å². The van der Waals surface area contributed by atoms with Crippen LogP contribution in [0.25, 0.3) is 11.5 Å². The molecule has 1 aromatic carbocycles. The quantitative estimate of drug-likeness (QED) is 0.932. The molecule has 1 aromatic heterocycles. The van der Waals surface area contributed by atoms with Crippen molar-refractivity contribution >= 4 is 5.91 Å². The summed E-state index contributed by atoms with van der Waals surface area (Å²) >= 11 is 0. The molecule has 22 heavy (non-hydrogen) atoms. The third kappa shape index (κ3) is 3.66. The smallest absolute Gasteiger partial charge is 0.416 e. The number of benzene rings is 1. The van der Waals surface area contributed by atoms with Gasteiger partial charge >= 0.3 is 6.18 Å². The number of rotatable bonds is 4. The van der Waals surface area contributed by atoms with Crippen LogP contribution in [0.3, 0.4) is 0 Å². The van der Waals surface area contributed by atoms with Crippen LogP contribution in [0.5, 0.6) is 0 Å². The SMILES string of the molecule is CCC(C)NC(=O)c1coc(-c2ccc(C(F)(F)F)cc2)n1. The number of aromatic nitrogens is 1. The van der Waals surface area contributed by atoms with Crippen molar-refractivity contribution in [1.29, 1.82) is 0 Å². The second kappa shape index (κ2) is 6.21. The number of nitrogens with one attached hydrogen (secondary N) is 1. The van der Waals surface area contributed by atoms with E-state index in [4.69, 9.17) is 4.42 Å². The van der Waals surface area contributed by atoms with E-state index in [1.807, 2.05) is 13.8 Å². The fourth-order valence-electron chi connectivity index (χ4n) is 1.71. The van der Waals surface area contributed by atoms with E-state index in [0.29, 0.717) is 5.56 Å². The minimum absolute atomic E-state index is 0.00119. The van der Waals surface area contributed by atoms with Crippen molar-refractivity contribution in [2.45, 2.75) is 32.5 Å². The number of carbonyl (C=O) groups excluding carboxylic acids is 1. The van der Waals surface area contributed by atoms with Crippen molar-refractivity contribution in [3.8, 4) is 11.5 Å². The summed E-state index contributed by atoms with van der Waals surface area (Å²) in [7, 11) is 0. The van der Waals surface area contributed by atoms with E-state index in [-0.39, 0.29) is 23.5 Å². The molecule has 0 saturated heterocycles. The second-order valence-electron chi connectivity index (χ2n) is 4.90. The van der Waals surface area contributed by atoms with Gasteiger partial charge in [-0.15, -0.1) is 0 Å². The van der Waals surface area contributed by atoms with Gasteiger partial charge in [0.15, 0.2) is 5.69 Å². The molecule has 1 unspecified atom stereocenters. The lowest BCUT2D eigenvalue weighted by molar-refractivity contribution is -0.137. The Morgan fingerprint density at radius 2 is 1.95 bits per heavy atom. The Labute approximate surface area is 125 Å². The molecule has 0 aliphatic carbocycles. The normalized spacial score (nSPS) is 13.0. The fraction of sp³-hybridized carbons (Fsp3) is 0.333. The van der Waals surface area contributed by atoms with Gasteiger partial charge in [-0.05, 0) is 37.6 Å². The maximum absolute atomic E-state index is 12.5. The Bertz CT molecular complexity index is 648. The lowest BCUT2D eigenvalue weighted by Crippen LogP contribution is -2.32. The molecular weight excluding hydrogens is 297 g/mol. The topological polar surface area (TPSA) is 55.1 Å². The average Bonchev–Trinajstić information content (AvgIpc) is 2.96. The Morgan fingerprint density at radius 3 is 2.50 bits per heavy atom. The molecule has 1 atom stereocenters. The monoisotopic (exact) mass is 312 g/mol. The molecule has 0 aliphatic heterocycles. The summed E-state index contributed by atoms with van der Waals surface area (Å²) in [6, 6.07) is 4.39. The Balaban J connectivity index is 2.16. The predicted molar refractivity (Wildman–Crippen MR) is 74.2 cm³/mol. The first-order chi connectivity index (χ1) is 10.3. The molecule has 2 aromatic rings. The maximum atomic E-state index is 12.5. The second-order valence-corrected chi connectivity index (χ2v) is 4.90. The number of oxazole rings is 1. The third-order valence-electron chi connectivity index (χ3n) is 3.19. The van der Waals surface area contributed by atoms with Gasteiger partial charge in [-0.25, -0.2) is 4.98 Å². The van der Waals surface area contributed by atoms with Gasteiger partial charge in [-0.1, -0.05) is 6.92 Å². The zero-order valence-corrected chi connectivity index (χ0v) is 12.1. The van der Waals surface area contributed by atoms with Crippen LogP contribution in [0.15, 0.2) is 34.9 Å². The van der Waals surface area contributed by atoms with Crippen LogP contribution in [-0.4, -0.2) is 16.9 Å². The summed E-state index contributed by atoms with van der Waals surface area (Å²) in [6.45, 7) is 3.79. The van der Waals surface area contributed by atoms with Crippen LogP contribution in [0.4, 0.5) is 13.2 Å². The summed E-state index contributed by atoms with van der Waals surface area (Å²) < 4.78 is 42.6. The minimum Gasteiger partial charge on any atom is -0.444 e. The summed E-state index contributed by atoms with van der Waals surface area (Å²) in [4.78, 5) is 15.9. The van der Waals surface area contributed by atoms with Gasteiger partial charge in [-0.2, -0.15) is 13.2 Å². The lowest BCUT2D eigenvalue weighted by atomic mass is 10.1. The molecule has 7 heteroatoms. The van der Waals surface area contributed by atoms with Crippen LogP contribution in [0, 0.1) is 0 Å². The average molecular weight is 312 g/mol. The number of hydrogen-bond acceptors (Lipinski definition) is 3. The van der Waals surface area contributed by atoms with E-state index in [2.05, 4.69) is 10.3 Å². The number of halogens is 3. The highest BCUT2D eigenvalue weighted by atomic mass is 19.4. The molecule has 4 nitrogen and oxygen atoms in total. The highest BCUT2D eigenvalue weighted by Gasteiger charge is 2.30. The molecule has 0 radical (unpaired) electrons. The molecule has 0 aliphatic rings. The van der Waals surface area contributed by atoms with Crippen molar-refractivity contribution in [2.24, 2.45) is 0 Å². The fourth-order valence-corrected chi connectivity index (χ4v) is 1.71. The number of alkyl halides is 3. The zero-order valence-electron chi connectivity index (χ0n) is 12.1. The highest BCUT2D eigenvalue weighted by molar-refractivity contribution is 5.92. The molecular formula is C15H15F3N2O2. The maximum Gasteiger partial charge on any atom is 0.416 e. The Kier molecular flexibility index (Phi) is 4.54. The number of nitrogens with zero attached hydrogens (tertiary/aromatic N) is 1. The van der Waals surface area contributed by atoms with Crippen LogP contribution >= 0.6 is 0 Å². The molecule has 0 bridgehead atoms. The Hall–Kier alpha value is -2.31. The molecule has 1 heterocycles. The molecule has 1 amide bonds. The van der Waals surface area contributed by atoms with Gasteiger partial charge in [-0.3, -0.25) is 4.79 Å². The van der Waals surface area contributed by atoms with Crippen molar-refractivity contribution in [2.75, 3.05) is 0 Å². The highest BCUT2D eigenvalue weighted by Crippen LogP contribution is 2.30. The van der Waals surface area contributed by atoms with Gasteiger partial charge in [0.2, 0.25) is 5.89 Å². The van der Waals surface area contributed by atoms with E-state index in [9.17, 15) is 18.0 Å². The minimum atomic E-state index is -4.39.